The molecule has 0 amide bonds. The second-order valence-electron chi connectivity index (χ2n) is 9.21. The molecule has 0 saturated heterocycles. The summed E-state index contributed by atoms with van der Waals surface area (Å²) in [6, 6.07) is 8.98. The summed E-state index contributed by atoms with van der Waals surface area (Å²) in [5, 5.41) is 3.69. The molecular weight excluding hydrogens is 370 g/mol. The molecule has 30 heavy (non-hydrogen) atoms. The number of hydrogen-bond donors (Lipinski definition) is 1. The van der Waals surface area contributed by atoms with Crippen LogP contribution in [0.2, 0.25) is 0 Å². The zero-order valence-electron chi connectivity index (χ0n) is 19.5. The Hall–Kier alpha value is -1.90. The first-order chi connectivity index (χ1) is 14.5. The van der Waals surface area contributed by atoms with Crippen molar-refractivity contribution in [2.45, 2.75) is 85.6 Å². The van der Waals surface area contributed by atoms with Gasteiger partial charge in [-0.25, -0.2) is 0 Å². The van der Waals surface area contributed by atoms with Crippen LogP contribution in [-0.4, -0.2) is 17.6 Å². The number of carbonyl (C=O) groups is 2. The Kier molecular flexibility index (Phi) is 7.55. The fourth-order valence-electron chi connectivity index (χ4n) is 5.65. The van der Waals surface area contributed by atoms with Gasteiger partial charge in [0, 0.05) is 23.2 Å². The second-order valence-corrected chi connectivity index (χ2v) is 9.21. The quantitative estimate of drug-likeness (QED) is 0.625. The summed E-state index contributed by atoms with van der Waals surface area (Å²) in [6.07, 6.45) is 7.89. The molecule has 1 heterocycles. The number of carbonyl (C=O) groups excluding carboxylic acids is 2. The van der Waals surface area contributed by atoms with Crippen molar-refractivity contribution in [2.24, 2.45) is 23.7 Å². The van der Waals surface area contributed by atoms with Crippen LogP contribution in [0.4, 0.5) is 0 Å². The lowest BCUT2D eigenvalue weighted by Gasteiger charge is -2.27. The minimum atomic E-state index is -0.443. The maximum atomic E-state index is 13.3. The van der Waals surface area contributed by atoms with E-state index in [1.165, 1.54) is 36.8 Å². The molecule has 1 aliphatic heterocycles. The molecule has 0 spiro atoms. The Morgan fingerprint density at radius 2 is 1.67 bits per heavy atom. The summed E-state index contributed by atoms with van der Waals surface area (Å²) < 4.78 is 0. The van der Waals surface area contributed by atoms with Crippen LogP contribution in [0.15, 0.2) is 35.5 Å². The number of ketones is 2. The summed E-state index contributed by atoms with van der Waals surface area (Å²) in [6.45, 7) is 10.1. The Bertz CT molecular complexity index is 786. The summed E-state index contributed by atoms with van der Waals surface area (Å²) >= 11 is 0. The van der Waals surface area contributed by atoms with E-state index in [9.17, 15) is 9.59 Å². The third kappa shape index (κ3) is 4.40. The smallest absolute Gasteiger partial charge is 0.171 e. The number of rotatable bonds is 5. The highest BCUT2D eigenvalue weighted by molar-refractivity contribution is 6.15. The van der Waals surface area contributed by atoms with Gasteiger partial charge in [-0.05, 0) is 44.6 Å². The van der Waals surface area contributed by atoms with Gasteiger partial charge in [-0.3, -0.25) is 9.59 Å². The highest BCUT2D eigenvalue weighted by Crippen LogP contribution is 2.43. The molecule has 0 radical (unpaired) electrons. The van der Waals surface area contributed by atoms with Gasteiger partial charge in [0.2, 0.25) is 0 Å². The van der Waals surface area contributed by atoms with E-state index in [1.54, 1.807) is 0 Å². The fourth-order valence-corrected chi connectivity index (χ4v) is 5.65. The van der Waals surface area contributed by atoms with Crippen LogP contribution < -0.4 is 5.32 Å². The van der Waals surface area contributed by atoms with Crippen molar-refractivity contribution in [3.8, 4) is 0 Å². The first-order valence-corrected chi connectivity index (χ1v) is 12.1. The summed E-state index contributed by atoms with van der Waals surface area (Å²) in [4.78, 5) is 26.1. The molecule has 1 N–H and O–H groups in total. The van der Waals surface area contributed by atoms with E-state index in [2.05, 4.69) is 36.5 Å². The third-order valence-corrected chi connectivity index (χ3v) is 7.32. The van der Waals surface area contributed by atoms with Gasteiger partial charge in [0.25, 0.3) is 0 Å². The van der Waals surface area contributed by atoms with Gasteiger partial charge in [0.15, 0.2) is 11.6 Å². The molecule has 164 valence electrons. The molecular formula is C27H39NO2. The van der Waals surface area contributed by atoms with E-state index in [0.717, 1.165) is 30.0 Å². The first-order valence-electron chi connectivity index (χ1n) is 12.1. The zero-order valence-corrected chi connectivity index (χ0v) is 19.5. The fraction of sp³-hybridized carbons (Fsp3) is 0.630. The number of hydrogen-bond acceptors (Lipinski definition) is 3. The standard InChI is InChI=1S/C25H33NO2.C2H6/c1-4-19-24(27)16(3)23-22(25(19)28)20(13-18-11-9-15(2)10-12-18)21(26-23)14-17-7-5-6-8-17;1-2/h9-12,16-17,19-21,26H,4-8,13-14H2,1-3H3;1-2H3. The highest BCUT2D eigenvalue weighted by atomic mass is 16.2. The van der Waals surface area contributed by atoms with Crippen LogP contribution in [0.25, 0.3) is 0 Å². The van der Waals surface area contributed by atoms with Gasteiger partial charge < -0.3 is 5.32 Å². The number of allylic oxidation sites excluding steroid dienone is 1. The average molecular weight is 410 g/mol. The molecule has 0 aromatic heterocycles. The predicted octanol–water partition coefficient (Wildman–Crippen LogP) is 5.80. The SMILES string of the molecule is CC.CCC1C(=O)C2=C(NC(CC3CCCC3)C2Cc2ccc(C)cc2)C(C)C1=O. The van der Waals surface area contributed by atoms with E-state index >= 15 is 0 Å². The molecule has 1 saturated carbocycles. The lowest BCUT2D eigenvalue weighted by Crippen LogP contribution is -2.38. The minimum Gasteiger partial charge on any atom is -0.384 e. The number of Topliss-reactive ketones (excluding diaryl/α,β-unsaturated/α-hetero) is 2. The molecule has 3 aliphatic rings. The van der Waals surface area contributed by atoms with Crippen LogP contribution in [0.3, 0.4) is 0 Å². The summed E-state index contributed by atoms with van der Waals surface area (Å²) in [5.74, 6) is 0.527. The van der Waals surface area contributed by atoms with Crippen LogP contribution >= 0.6 is 0 Å². The normalized spacial score (nSPS) is 28.8. The lowest BCUT2D eigenvalue weighted by molar-refractivity contribution is -0.134. The first kappa shape index (κ1) is 22.8. The Morgan fingerprint density at radius 3 is 2.27 bits per heavy atom. The van der Waals surface area contributed by atoms with E-state index in [1.807, 2.05) is 27.7 Å². The summed E-state index contributed by atoms with van der Waals surface area (Å²) in [7, 11) is 0. The maximum absolute atomic E-state index is 13.3. The lowest BCUT2D eigenvalue weighted by atomic mass is 9.73. The van der Waals surface area contributed by atoms with Crippen molar-refractivity contribution in [2.75, 3.05) is 0 Å². The zero-order chi connectivity index (χ0) is 21.8. The van der Waals surface area contributed by atoms with Crippen LogP contribution in [-0.2, 0) is 16.0 Å². The van der Waals surface area contributed by atoms with Gasteiger partial charge >= 0.3 is 0 Å². The van der Waals surface area contributed by atoms with Crippen molar-refractivity contribution in [3.05, 3.63) is 46.7 Å². The second kappa shape index (κ2) is 9.94. The molecule has 3 heteroatoms. The molecule has 1 fully saturated rings. The van der Waals surface area contributed by atoms with Crippen LogP contribution in [0, 0.1) is 30.6 Å². The highest BCUT2D eigenvalue weighted by Gasteiger charge is 2.48. The van der Waals surface area contributed by atoms with E-state index < -0.39 is 5.92 Å². The van der Waals surface area contributed by atoms with Crippen molar-refractivity contribution in [1.82, 2.24) is 5.32 Å². The molecule has 4 rings (SSSR count). The average Bonchev–Trinajstić information content (AvgIpc) is 3.39. The maximum Gasteiger partial charge on any atom is 0.171 e. The van der Waals surface area contributed by atoms with Crippen molar-refractivity contribution < 1.29 is 9.59 Å². The Labute approximate surface area is 182 Å². The topological polar surface area (TPSA) is 46.2 Å². The van der Waals surface area contributed by atoms with Crippen molar-refractivity contribution in [3.63, 3.8) is 0 Å². The van der Waals surface area contributed by atoms with Crippen molar-refractivity contribution >= 4 is 11.6 Å². The molecule has 4 unspecified atom stereocenters. The number of nitrogens with one attached hydrogen (secondary N) is 1. The molecule has 3 nitrogen and oxygen atoms in total. The molecule has 0 bridgehead atoms. The van der Waals surface area contributed by atoms with Gasteiger partial charge in [-0.15, -0.1) is 0 Å². The van der Waals surface area contributed by atoms with Gasteiger partial charge in [0.1, 0.15) is 0 Å². The Balaban J connectivity index is 0.00000124. The number of benzene rings is 1. The summed E-state index contributed by atoms with van der Waals surface area (Å²) in [5.41, 5.74) is 4.44. The minimum absolute atomic E-state index is 0.0964. The molecule has 2 aliphatic carbocycles. The van der Waals surface area contributed by atoms with E-state index in [-0.39, 0.29) is 29.4 Å². The predicted molar refractivity (Wildman–Crippen MR) is 123 cm³/mol. The number of aryl methyl sites for hydroxylation is 1. The Morgan fingerprint density at radius 1 is 1.03 bits per heavy atom. The monoisotopic (exact) mass is 409 g/mol. The van der Waals surface area contributed by atoms with E-state index in [4.69, 9.17) is 0 Å². The molecule has 4 atom stereocenters. The van der Waals surface area contributed by atoms with Crippen LogP contribution in [0.5, 0.6) is 0 Å². The molecule has 1 aromatic rings. The third-order valence-electron chi connectivity index (χ3n) is 7.32. The van der Waals surface area contributed by atoms with Gasteiger partial charge in [-0.2, -0.15) is 0 Å². The largest absolute Gasteiger partial charge is 0.384 e. The van der Waals surface area contributed by atoms with Gasteiger partial charge in [-0.1, -0.05) is 76.3 Å². The van der Waals surface area contributed by atoms with Crippen molar-refractivity contribution in [1.29, 1.82) is 0 Å². The van der Waals surface area contributed by atoms with E-state index in [0.29, 0.717) is 6.42 Å². The molecule has 1 aromatic carbocycles. The van der Waals surface area contributed by atoms with Gasteiger partial charge in [0.05, 0.1) is 11.8 Å². The van der Waals surface area contributed by atoms with Crippen LogP contribution in [0.1, 0.15) is 77.3 Å².